The van der Waals surface area contributed by atoms with Gasteiger partial charge in [-0.15, -0.1) is 24.8 Å². The molecule has 0 radical (unpaired) electrons. The fourth-order valence-electron chi connectivity index (χ4n) is 3.85. The van der Waals surface area contributed by atoms with Gasteiger partial charge in [0.2, 0.25) is 5.91 Å². The van der Waals surface area contributed by atoms with Crippen LogP contribution >= 0.6 is 24.8 Å². The van der Waals surface area contributed by atoms with Crippen molar-refractivity contribution >= 4 is 42.1 Å². The molecule has 2 heterocycles. The molecule has 160 valence electrons. The Bertz CT molecular complexity index is 609. The first kappa shape index (κ1) is 25.0. The molecular weight excluding hydrogens is 404 g/mol. The Balaban J connectivity index is 0.00000196. The lowest BCUT2D eigenvalue weighted by Gasteiger charge is -2.27. The molecule has 2 fully saturated rings. The van der Waals surface area contributed by atoms with Gasteiger partial charge in [-0.05, 0) is 68.8 Å². The maximum atomic E-state index is 14.3. The molecule has 2 aliphatic heterocycles. The minimum absolute atomic E-state index is 0. The summed E-state index contributed by atoms with van der Waals surface area (Å²) in [6.07, 6.45) is 4.95. The van der Waals surface area contributed by atoms with Crippen LogP contribution in [0.25, 0.3) is 0 Å². The zero-order chi connectivity index (χ0) is 18.4. The van der Waals surface area contributed by atoms with Crippen molar-refractivity contribution in [1.29, 1.82) is 0 Å². The first-order valence-corrected chi connectivity index (χ1v) is 9.77. The van der Waals surface area contributed by atoms with Crippen LogP contribution in [0.5, 0.6) is 0 Å². The second kappa shape index (κ2) is 12.5. The van der Waals surface area contributed by atoms with Crippen LogP contribution in [0.1, 0.15) is 39.0 Å². The number of carbonyl (C=O) groups is 1. The first-order chi connectivity index (χ1) is 12.6. The van der Waals surface area contributed by atoms with Gasteiger partial charge in [0.1, 0.15) is 5.82 Å². The van der Waals surface area contributed by atoms with Gasteiger partial charge in [0, 0.05) is 25.3 Å². The van der Waals surface area contributed by atoms with Crippen molar-refractivity contribution in [2.75, 3.05) is 36.9 Å². The summed E-state index contributed by atoms with van der Waals surface area (Å²) in [5.41, 5.74) is 0.953. The van der Waals surface area contributed by atoms with Crippen LogP contribution in [0, 0.1) is 17.7 Å². The van der Waals surface area contributed by atoms with E-state index >= 15 is 0 Å². The van der Waals surface area contributed by atoms with Gasteiger partial charge in [-0.1, -0.05) is 6.92 Å². The van der Waals surface area contributed by atoms with E-state index < -0.39 is 0 Å². The number of halogens is 3. The highest BCUT2D eigenvalue weighted by atomic mass is 35.5. The number of ether oxygens (including phenoxy) is 1. The number of hydrogen-bond donors (Lipinski definition) is 3. The molecule has 3 N–H and O–H groups in total. The highest BCUT2D eigenvalue weighted by molar-refractivity contribution is 5.91. The summed E-state index contributed by atoms with van der Waals surface area (Å²) in [6.45, 7) is 5.59. The zero-order valence-electron chi connectivity index (χ0n) is 16.3. The minimum atomic E-state index is -0.354. The third-order valence-electron chi connectivity index (χ3n) is 5.49. The summed E-state index contributed by atoms with van der Waals surface area (Å²) in [7, 11) is 0. The van der Waals surface area contributed by atoms with E-state index in [1.807, 2.05) is 0 Å². The van der Waals surface area contributed by atoms with E-state index in [1.54, 1.807) is 12.1 Å². The maximum Gasteiger partial charge on any atom is 0.224 e. The molecular formula is C20H32Cl2FN3O2. The van der Waals surface area contributed by atoms with Crippen LogP contribution in [-0.4, -0.2) is 38.3 Å². The van der Waals surface area contributed by atoms with Crippen LogP contribution in [0.3, 0.4) is 0 Å². The molecule has 2 unspecified atom stereocenters. The molecule has 1 aromatic carbocycles. The Morgan fingerprint density at radius 1 is 1.29 bits per heavy atom. The summed E-state index contributed by atoms with van der Waals surface area (Å²) in [5.74, 6) is 0.528. The fourth-order valence-corrected chi connectivity index (χ4v) is 3.85. The lowest BCUT2D eigenvalue weighted by molar-refractivity contribution is -0.117. The normalized spacial score (nSPS) is 20.6. The average Bonchev–Trinajstić information content (AvgIpc) is 3.15. The molecule has 0 aromatic heterocycles. The zero-order valence-corrected chi connectivity index (χ0v) is 18.0. The molecule has 5 nitrogen and oxygen atoms in total. The molecule has 0 aliphatic carbocycles. The number of amides is 1. The molecule has 2 saturated heterocycles. The van der Waals surface area contributed by atoms with Gasteiger partial charge in [-0.3, -0.25) is 4.79 Å². The molecule has 1 amide bonds. The molecule has 2 aliphatic rings. The van der Waals surface area contributed by atoms with E-state index in [2.05, 4.69) is 22.9 Å². The van der Waals surface area contributed by atoms with E-state index in [0.717, 1.165) is 45.4 Å². The summed E-state index contributed by atoms with van der Waals surface area (Å²) in [5, 5.41) is 9.27. The van der Waals surface area contributed by atoms with Crippen molar-refractivity contribution in [3.63, 3.8) is 0 Å². The highest BCUT2D eigenvalue weighted by Gasteiger charge is 2.22. The second-order valence-electron chi connectivity index (χ2n) is 7.53. The van der Waals surface area contributed by atoms with Crippen LogP contribution in [0.4, 0.5) is 15.8 Å². The van der Waals surface area contributed by atoms with Crippen molar-refractivity contribution in [3.8, 4) is 0 Å². The predicted molar refractivity (Wildman–Crippen MR) is 116 cm³/mol. The summed E-state index contributed by atoms with van der Waals surface area (Å²) >= 11 is 0. The van der Waals surface area contributed by atoms with Crippen molar-refractivity contribution < 1.29 is 13.9 Å². The van der Waals surface area contributed by atoms with Crippen LogP contribution in [0.15, 0.2) is 18.2 Å². The van der Waals surface area contributed by atoms with Gasteiger partial charge in [0.05, 0.1) is 11.8 Å². The van der Waals surface area contributed by atoms with Crippen LogP contribution < -0.4 is 16.0 Å². The number of rotatable bonds is 7. The van der Waals surface area contributed by atoms with Gasteiger partial charge in [0.25, 0.3) is 0 Å². The maximum absolute atomic E-state index is 14.3. The molecule has 0 bridgehead atoms. The molecule has 28 heavy (non-hydrogen) atoms. The highest BCUT2D eigenvalue weighted by Crippen LogP contribution is 2.25. The van der Waals surface area contributed by atoms with E-state index in [1.165, 1.54) is 6.07 Å². The number of anilines is 2. The van der Waals surface area contributed by atoms with Crippen LogP contribution in [-0.2, 0) is 9.53 Å². The quantitative estimate of drug-likeness (QED) is 0.599. The van der Waals surface area contributed by atoms with E-state index in [9.17, 15) is 9.18 Å². The Hall–Kier alpha value is -1.08. The second-order valence-corrected chi connectivity index (χ2v) is 7.53. The number of piperidine rings is 1. The number of hydrogen-bond acceptors (Lipinski definition) is 4. The van der Waals surface area contributed by atoms with Gasteiger partial charge in [-0.25, -0.2) is 4.39 Å². The topological polar surface area (TPSA) is 62.4 Å². The molecule has 1 aromatic rings. The third-order valence-corrected chi connectivity index (χ3v) is 5.49. The Labute approximate surface area is 179 Å². The number of carbonyl (C=O) groups excluding carboxylic acids is 1. The van der Waals surface area contributed by atoms with Crippen molar-refractivity contribution in [3.05, 3.63) is 24.0 Å². The minimum Gasteiger partial charge on any atom is -0.380 e. The molecule has 2 atom stereocenters. The lowest BCUT2D eigenvalue weighted by Crippen LogP contribution is -2.32. The Morgan fingerprint density at radius 3 is 2.68 bits per heavy atom. The summed E-state index contributed by atoms with van der Waals surface area (Å²) in [6, 6.07) is 4.80. The smallest absolute Gasteiger partial charge is 0.224 e. The lowest BCUT2D eigenvalue weighted by atomic mass is 9.84. The van der Waals surface area contributed by atoms with Crippen molar-refractivity contribution in [2.24, 2.45) is 11.8 Å². The van der Waals surface area contributed by atoms with Crippen molar-refractivity contribution in [1.82, 2.24) is 5.32 Å². The number of benzene rings is 1. The molecule has 8 heteroatoms. The van der Waals surface area contributed by atoms with E-state index in [4.69, 9.17) is 4.74 Å². The van der Waals surface area contributed by atoms with E-state index in [-0.39, 0.29) is 42.6 Å². The van der Waals surface area contributed by atoms with Crippen molar-refractivity contribution in [2.45, 2.75) is 45.1 Å². The fraction of sp³-hybridized carbons (Fsp3) is 0.650. The van der Waals surface area contributed by atoms with Gasteiger partial charge < -0.3 is 20.7 Å². The number of nitrogens with one attached hydrogen (secondary N) is 3. The average molecular weight is 436 g/mol. The Kier molecular flexibility index (Phi) is 11.1. The first-order valence-electron chi connectivity index (χ1n) is 9.77. The Morgan fingerprint density at radius 2 is 2.04 bits per heavy atom. The standard InChI is InChI=1S/C20H30FN3O2.2ClH/c1-14(15-6-8-22-9-7-15)11-20(25)24-16-4-5-19(18(21)12-16)23-13-17-3-2-10-26-17;;/h4-5,12,14-15,17,22-23H,2-3,6-11,13H2,1H3,(H,24,25);2*1H. The monoisotopic (exact) mass is 435 g/mol. The third kappa shape index (κ3) is 7.39. The van der Waals surface area contributed by atoms with Gasteiger partial charge >= 0.3 is 0 Å². The molecule has 0 saturated carbocycles. The summed E-state index contributed by atoms with van der Waals surface area (Å²) < 4.78 is 19.8. The molecule has 0 spiro atoms. The summed E-state index contributed by atoms with van der Waals surface area (Å²) in [4.78, 5) is 12.3. The van der Waals surface area contributed by atoms with E-state index in [0.29, 0.717) is 36.2 Å². The van der Waals surface area contributed by atoms with Crippen LogP contribution in [0.2, 0.25) is 0 Å². The van der Waals surface area contributed by atoms with Gasteiger partial charge in [-0.2, -0.15) is 0 Å². The SMILES string of the molecule is CC(CC(=O)Nc1ccc(NCC2CCCO2)c(F)c1)C1CCNCC1.Cl.Cl. The molecule has 3 rings (SSSR count). The van der Waals surface area contributed by atoms with Gasteiger partial charge in [0.15, 0.2) is 0 Å². The predicted octanol–water partition coefficient (Wildman–Crippen LogP) is 4.22. The largest absolute Gasteiger partial charge is 0.380 e.